The van der Waals surface area contributed by atoms with Crippen molar-refractivity contribution in [1.82, 2.24) is 9.97 Å². The van der Waals surface area contributed by atoms with Crippen LogP contribution in [0.3, 0.4) is 0 Å². The summed E-state index contributed by atoms with van der Waals surface area (Å²) in [5.74, 6) is 0. The van der Waals surface area contributed by atoms with Gasteiger partial charge in [-0.15, -0.1) is 0 Å². The van der Waals surface area contributed by atoms with Crippen molar-refractivity contribution in [1.29, 1.82) is 0 Å². The van der Waals surface area contributed by atoms with Gasteiger partial charge < -0.3 is 10.6 Å². The summed E-state index contributed by atoms with van der Waals surface area (Å²) in [6.45, 7) is 0. The van der Waals surface area contributed by atoms with Gasteiger partial charge in [0.1, 0.15) is 0 Å². The maximum atomic E-state index is 13.0. The first-order valence-corrected chi connectivity index (χ1v) is 11.0. The number of hydrogen-bond acceptors (Lipinski definition) is 3. The highest BCUT2D eigenvalue weighted by Crippen LogP contribution is 2.32. The van der Waals surface area contributed by atoms with Crippen molar-refractivity contribution in [2.24, 2.45) is 0 Å². The SMILES string of the molecule is O=C(Nc1cccc(C(F)(F)F)c1)Nc1ccc2nc(-c3ccccc3)c(-c3ccccc3)nc2c1. The maximum absolute atomic E-state index is 13.0. The van der Waals surface area contributed by atoms with Crippen LogP contribution < -0.4 is 10.6 Å². The summed E-state index contributed by atoms with van der Waals surface area (Å²) in [5, 5.41) is 5.08. The fraction of sp³-hybridized carbons (Fsp3) is 0.0357. The molecule has 0 aliphatic rings. The molecular formula is C28H19F3N4O. The molecule has 2 N–H and O–H groups in total. The Kier molecular flexibility index (Phi) is 6.08. The van der Waals surface area contributed by atoms with Crippen LogP contribution >= 0.6 is 0 Å². The fourth-order valence-electron chi connectivity index (χ4n) is 3.79. The molecule has 0 aliphatic carbocycles. The van der Waals surface area contributed by atoms with E-state index >= 15 is 0 Å². The molecule has 0 spiro atoms. The van der Waals surface area contributed by atoms with E-state index in [0.29, 0.717) is 22.4 Å². The van der Waals surface area contributed by atoms with Gasteiger partial charge in [0.05, 0.1) is 28.0 Å². The van der Waals surface area contributed by atoms with Crippen LogP contribution in [0.4, 0.5) is 29.3 Å². The van der Waals surface area contributed by atoms with Gasteiger partial charge in [-0.3, -0.25) is 0 Å². The minimum Gasteiger partial charge on any atom is -0.308 e. The van der Waals surface area contributed by atoms with Crippen molar-refractivity contribution in [3.63, 3.8) is 0 Å². The van der Waals surface area contributed by atoms with Gasteiger partial charge in [0.2, 0.25) is 0 Å². The Morgan fingerprint density at radius 2 is 1.17 bits per heavy atom. The van der Waals surface area contributed by atoms with Gasteiger partial charge in [-0.1, -0.05) is 66.7 Å². The Labute approximate surface area is 204 Å². The smallest absolute Gasteiger partial charge is 0.308 e. The van der Waals surface area contributed by atoms with Crippen molar-refractivity contribution < 1.29 is 18.0 Å². The Hall–Kier alpha value is -4.72. The second-order valence-corrected chi connectivity index (χ2v) is 8.01. The molecule has 8 heteroatoms. The van der Waals surface area contributed by atoms with E-state index in [1.165, 1.54) is 12.1 Å². The van der Waals surface area contributed by atoms with Gasteiger partial charge in [-0.05, 0) is 36.4 Å². The molecule has 5 rings (SSSR count). The number of nitrogens with zero attached hydrogens (tertiary/aromatic N) is 2. The fourth-order valence-corrected chi connectivity index (χ4v) is 3.79. The molecule has 178 valence electrons. The summed E-state index contributed by atoms with van der Waals surface area (Å²) in [7, 11) is 0. The molecule has 5 nitrogen and oxygen atoms in total. The van der Waals surface area contributed by atoms with Gasteiger partial charge >= 0.3 is 12.2 Å². The van der Waals surface area contributed by atoms with Crippen LogP contribution in [0.1, 0.15) is 5.56 Å². The minimum atomic E-state index is -4.50. The van der Waals surface area contributed by atoms with E-state index in [4.69, 9.17) is 9.97 Å². The number of hydrogen-bond donors (Lipinski definition) is 2. The number of aromatic nitrogens is 2. The first-order valence-electron chi connectivity index (χ1n) is 11.0. The summed E-state index contributed by atoms with van der Waals surface area (Å²) >= 11 is 0. The van der Waals surface area contributed by atoms with E-state index in [0.717, 1.165) is 29.0 Å². The van der Waals surface area contributed by atoms with Crippen LogP contribution in [0.15, 0.2) is 103 Å². The number of fused-ring (bicyclic) bond motifs is 1. The first kappa shape index (κ1) is 23.0. The third-order valence-electron chi connectivity index (χ3n) is 5.46. The highest BCUT2D eigenvalue weighted by atomic mass is 19.4. The van der Waals surface area contributed by atoms with Crippen molar-refractivity contribution in [3.8, 4) is 22.5 Å². The number of carbonyl (C=O) groups excluding carboxylic acids is 1. The Morgan fingerprint density at radius 1 is 0.611 bits per heavy atom. The van der Waals surface area contributed by atoms with E-state index in [-0.39, 0.29) is 5.69 Å². The van der Waals surface area contributed by atoms with Gasteiger partial charge in [0.25, 0.3) is 0 Å². The Balaban J connectivity index is 1.46. The molecule has 0 radical (unpaired) electrons. The van der Waals surface area contributed by atoms with Gasteiger partial charge in [0, 0.05) is 22.5 Å². The lowest BCUT2D eigenvalue weighted by Crippen LogP contribution is -2.19. The average Bonchev–Trinajstić information content (AvgIpc) is 2.88. The van der Waals surface area contributed by atoms with Crippen LogP contribution in [0.2, 0.25) is 0 Å². The number of urea groups is 1. The molecule has 5 aromatic rings. The molecule has 0 saturated carbocycles. The number of amides is 2. The zero-order chi connectivity index (χ0) is 25.1. The largest absolute Gasteiger partial charge is 0.416 e. The number of nitrogens with one attached hydrogen (secondary N) is 2. The monoisotopic (exact) mass is 484 g/mol. The van der Waals surface area contributed by atoms with Gasteiger partial charge in [-0.25, -0.2) is 14.8 Å². The van der Waals surface area contributed by atoms with Crippen molar-refractivity contribution >= 4 is 28.4 Å². The summed E-state index contributed by atoms with van der Waals surface area (Å²) in [6, 6.07) is 28.3. The Bertz CT molecular complexity index is 1540. The Morgan fingerprint density at radius 3 is 1.75 bits per heavy atom. The molecule has 36 heavy (non-hydrogen) atoms. The number of alkyl halides is 3. The van der Waals surface area contributed by atoms with E-state index in [1.54, 1.807) is 18.2 Å². The standard InChI is InChI=1S/C28H19F3N4O/c29-28(30,31)20-12-7-13-21(16-20)32-27(36)33-22-14-15-23-24(17-22)35-26(19-10-5-2-6-11-19)25(34-23)18-8-3-1-4-9-18/h1-17H,(H2,32,33,36). The maximum Gasteiger partial charge on any atom is 0.416 e. The molecule has 1 aromatic heterocycles. The molecule has 0 saturated heterocycles. The summed E-state index contributed by atoms with van der Waals surface area (Å²) < 4.78 is 38.9. The van der Waals surface area contributed by atoms with Crippen LogP contribution in [-0.2, 0) is 6.18 Å². The third kappa shape index (κ3) is 5.02. The lowest BCUT2D eigenvalue weighted by molar-refractivity contribution is -0.137. The number of halogens is 3. The highest BCUT2D eigenvalue weighted by Gasteiger charge is 2.30. The van der Waals surface area contributed by atoms with Crippen LogP contribution in [0.25, 0.3) is 33.5 Å². The quantitative estimate of drug-likeness (QED) is 0.276. The number of benzene rings is 4. The van der Waals surface area contributed by atoms with Crippen molar-refractivity contribution in [3.05, 3.63) is 109 Å². The second kappa shape index (κ2) is 9.50. The number of rotatable bonds is 4. The normalized spacial score (nSPS) is 11.3. The highest BCUT2D eigenvalue weighted by molar-refractivity contribution is 6.01. The van der Waals surface area contributed by atoms with Gasteiger partial charge in [-0.2, -0.15) is 13.2 Å². The number of carbonyl (C=O) groups is 1. The molecule has 1 heterocycles. The predicted molar refractivity (Wildman–Crippen MR) is 134 cm³/mol. The molecule has 0 bridgehead atoms. The topological polar surface area (TPSA) is 66.9 Å². The first-order chi connectivity index (χ1) is 17.4. The predicted octanol–water partition coefficient (Wildman–Crippen LogP) is 7.63. The number of anilines is 2. The van der Waals surface area contributed by atoms with Gasteiger partial charge in [0.15, 0.2) is 0 Å². The molecule has 0 fully saturated rings. The zero-order valence-corrected chi connectivity index (χ0v) is 18.8. The molecular weight excluding hydrogens is 465 g/mol. The molecule has 0 aliphatic heterocycles. The third-order valence-corrected chi connectivity index (χ3v) is 5.46. The van der Waals surface area contributed by atoms with Crippen molar-refractivity contribution in [2.45, 2.75) is 6.18 Å². The lowest BCUT2D eigenvalue weighted by Gasteiger charge is -2.13. The van der Waals surface area contributed by atoms with E-state index in [9.17, 15) is 18.0 Å². The molecule has 0 atom stereocenters. The molecule has 2 amide bonds. The average molecular weight is 484 g/mol. The zero-order valence-electron chi connectivity index (χ0n) is 18.8. The minimum absolute atomic E-state index is 0.0294. The van der Waals surface area contributed by atoms with Crippen molar-refractivity contribution in [2.75, 3.05) is 10.6 Å². The van der Waals surface area contributed by atoms with E-state index in [1.807, 2.05) is 60.7 Å². The van der Waals surface area contributed by atoms with E-state index in [2.05, 4.69) is 10.6 Å². The lowest BCUT2D eigenvalue weighted by atomic mass is 10.0. The molecule has 0 unspecified atom stereocenters. The summed E-state index contributed by atoms with van der Waals surface area (Å²) in [6.07, 6.45) is -4.50. The molecule has 4 aromatic carbocycles. The summed E-state index contributed by atoms with van der Waals surface area (Å²) in [5.41, 5.74) is 4.05. The van der Waals surface area contributed by atoms with Crippen LogP contribution in [0.5, 0.6) is 0 Å². The van der Waals surface area contributed by atoms with Crippen LogP contribution in [-0.4, -0.2) is 16.0 Å². The van der Waals surface area contributed by atoms with Crippen LogP contribution in [0, 0.1) is 0 Å². The summed E-state index contributed by atoms with van der Waals surface area (Å²) in [4.78, 5) is 22.2. The van der Waals surface area contributed by atoms with E-state index < -0.39 is 17.8 Å². The second-order valence-electron chi connectivity index (χ2n) is 8.01.